The summed E-state index contributed by atoms with van der Waals surface area (Å²) in [7, 11) is 3.99. The first-order valence-electron chi connectivity index (χ1n) is 6.93. The minimum atomic E-state index is 0.244. The minimum absolute atomic E-state index is 0.244. The summed E-state index contributed by atoms with van der Waals surface area (Å²) >= 11 is 12.3. The number of hydrogen-bond acceptors (Lipinski definition) is 2. The Hall–Kier alpha value is -1.22. The summed E-state index contributed by atoms with van der Waals surface area (Å²) in [4.78, 5) is 2.17. The van der Waals surface area contributed by atoms with E-state index in [0.29, 0.717) is 0 Å². The van der Waals surface area contributed by atoms with E-state index in [9.17, 15) is 0 Å². The molecule has 0 saturated heterocycles. The van der Waals surface area contributed by atoms with Gasteiger partial charge in [0.25, 0.3) is 0 Å². The van der Waals surface area contributed by atoms with Gasteiger partial charge in [0, 0.05) is 35.4 Å². The molecule has 0 aliphatic rings. The van der Waals surface area contributed by atoms with Crippen LogP contribution in [-0.2, 0) is 6.54 Å². The predicted molar refractivity (Wildman–Crippen MR) is 92.5 cm³/mol. The Morgan fingerprint density at radius 1 is 1.10 bits per heavy atom. The molecule has 2 aromatic rings. The van der Waals surface area contributed by atoms with E-state index >= 15 is 0 Å². The van der Waals surface area contributed by atoms with Crippen LogP contribution in [-0.4, -0.2) is 14.1 Å². The fourth-order valence-corrected chi connectivity index (χ4v) is 2.68. The molecule has 21 heavy (non-hydrogen) atoms. The molecule has 0 heterocycles. The molecule has 112 valence electrons. The van der Waals surface area contributed by atoms with Crippen LogP contribution in [0.5, 0.6) is 0 Å². The zero-order chi connectivity index (χ0) is 15.4. The Morgan fingerprint density at radius 3 is 2.33 bits per heavy atom. The molecular formula is C17H20Cl2N2. The van der Waals surface area contributed by atoms with Gasteiger partial charge in [-0.05, 0) is 49.4 Å². The molecule has 0 fully saturated rings. The lowest BCUT2D eigenvalue weighted by Gasteiger charge is -2.21. The van der Waals surface area contributed by atoms with Crippen molar-refractivity contribution in [2.24, 2.45) is 0 Å². The van der Waals surface area contributed by atoms with Crippen molar-refractivity contribution in [1.29, 1.82) is 0 Å². The molecule has 1 atom stereocenters. The molecule has 2 nitrogen and oxygen atoms in total. The van der Waals surface area contributed by atoms with Gasteiger partial charge in [0.2, 0.25) is 0 Å². The van der Waals surface area contributed by atoms with E-state index in [1.807, 2.05) is 37.4 Å². The van der Waals surface area contributed by atoms with Crippen molar-refractivity contribution in [3.05, 3.63) is 63.6 Å². The number of halogens is 2. The van der Waals surface area contributed by atoms with E-state index in [2.05, 4.69) is 36.3 Å². The zero-order valence-electron chi connectivity index (χ0n) is 12.5. The van der Waals surface area contributed by atoms with Gasteiger partial charge in [-0.25, -0.2) is 0 Å². The molecule has 0 spiro atoms. The van der Waals surface area contributed by atoms with Crippen molar-refractivity contribution in [2.45, 2.75) is 19.5 Å². The lowest BCUT2D eigenvalue weighted by Crippen LogP contribution is -2.17. The van der Waals surface area contributed by atoms with Crippen LogP contribution < -0.4 is 10.2 Å². The van der Waals surface area contributed by atoms with Crippen LogP contribution in [0.15, 0.2) is 42.5 Å². The number of hydrogen-bond donors (Lipinski definition) is 1. The summed E-state index contributed by atoms with van der Waals surface area (Å²) in [5, 5.41) is 4.75. The Morgan fingerprint density at radius 2 is 1.76 bits per heavy atom. The molecule has 0 aliphatic carbocycles. The quantitative estimate of drug-likeness (QED) is 0.841. The van der Waals surface area contributed by atoms with E-state index in [4.69, 9.17) is 23.2 Å². The van der Waals surface area contributed by atoms with Gasteiger partial charge in [0.05, 0.1) is 0 Å². The molecule has 0 radical (unpaired) electrons. The van der Waals surface area contributed by atoms with Crippen molar-refractivity contribution < 1.29 is 0 Å². The molecule has 4 heteroatoms. The third-order valence-electron chi connectivity index (χ3n) is 3.66. The molecule has 0 aliphatic heterocycles. The maximum atomic E-state index is 6.39. The van der Waals surface area contributed by atoms with Crippen molar-refractivity contribution in [1.82, 2.24) is 5.32 Å². The van der Waals surface area contributed by atoms with Crippen molar-refractivity contribution >= 4 is 28.9 Å². The highest BCUT2D eigenvalue weighted by Gasteiger charge is 2.10. The summed E-state index contributed by atoms with van der Waals surface area (Å²) < 4.78 is 0. The van der Waals surface area contributed by atoms with Crippen molar-refractivity contribution in [3.63, 3.8) is 0 Å². The van der Waals surface area contributed by atoms with Crippen LogP contribution in [0.4, 0.5) is 5.69 Å². The van der Waals surface area contributed by atoms with Gasteiger partial charge in [-0.2, -0.15) is 0 Å². The Labute approximate surface area is 136 Å². The van der Waals surface area contributed by atoms with Gasteiger partial charge in [-0.15, -0.1) is 0 Å². The molecule has 2 rings (SSSR count). The summed E-state index contributed by atoms with van der Waals surface area (Å²) in [5.41, 5.74) is 3.43. The fraction of sp³-hybridized carbons (Fsp3) is 0.294. The SMILES string of the molecule is CNC(C)c1ccc(N(C)Cc2ccc(Cl)cc2)cc1Cl. The highest BCUT2D eigenvalue weighted by atomic mass is 35.5. The van der Waals surface area contributed by atoms with Gasteiger partial charge in [-0.1, -0.05) is 41.4 Å². The lowest BCUT2D eigenvalue weighted by molar-refractivity contribution is 0.652. The largest absolute Gasteiger partial charge is 0.370 e. The van der Waals surface area contributed by atoms with Gasteiger partial charge in [-0.3, -0.25) is 0 Å². The van der Waals surface area contributed by atoms with Crippen molar-refractivity contribution in [3.8, 4) is 0 Å². The molecule has 0 aromatic heterocycles. The summed E-state index contributed by atoms with van der Waals surface area (Å²) in [5.74, 6) is 0. The van der Waals surface area contributed by atoms with E-state index in [-0.39, 0.29) is 6.04 Å². The molecular weight excluding hydrogens is 303 g/mol. The van der Waals surface area contributed by atoms with Crippen molar-refractivity contribution in [2.75, 3.05) is 19.0 Å². The monoisotopic (exact) mass is 322 g/mol. The fourth-order valence-electron chi connectivity index (χ4n) is 2.22. The second-order valence-electron chi connectivity index (χ2n) is 5.20. The molecule has 1 unspecified atom stereocenters. The Bertz CT molecular complexity index is 596. The van der Waals surface area contributed by atoms with Crippen LogP contribution in [0.2, 0.25) is 10.0 Å². The maximum absolute atomic E-state index is 6.39. The first-order chi connectivity index (χ1) is 10.0. The molecule has 0 amide bonds. The van der Waals surface area contributed by atoms with Crippen LogP contribution in [0.25, 0.3) is 0 Å². The molecule has 0 saturated carbocycles. The number of nitrogens with zero attached hydrogens (tertiary/aromatic N) is 1. The highest BCUT2D eigenvalue weighted by Crippen LogP contribution is 2.28. The third kappa shape index (κ3) is 4.13. The van der Waals surface area contributed by atoms with Crippen LogP contribution in [0.3, 0.4) is 0 Å². The number of anilines is 1. The maximum Gasteiger partial charge on any atom is 0.0474 e. The zero-order valence-corrected chi connectivity index (χ0v) is 14.0. The Balaban J connectivity index is 2.14. The standard InChI is InChI=1S/C17H20Cl2N2/c1-12(20-2)16-9-8-15(10-17(16)19)21(3)11-13-4-6-14(18)7-5-13/h4-10,12,20H,11H2,1-3H3. The van der Waals surface area contributed by atoms with E-state index < -0.39 is 0 Å². The van der Waals surface area contributed by atoms with E-state index in [1.54, 1.807) is 0 Å². The van der Waals surface area contributed by atoms with E-state index in [1.165, 1.54) is 5.56 Å². The first kappa shape index (κ1) is 16.2. The average Bonchev–Trinajstić information content (AvgIpc) is 2.48. The van der Waals surface area contributed by atoms with E-state index in [0.717, 1.165) is 27.8 Å². The van der Waals surface area contributed by atoms with Gasteiger partial charge in [0.15, 0.2) is 0 Å². The number of rotatable bonds is 5. The Kier molecular flexibility index (Phi) is 5.51. The van der Waals surface area contributed by atoms with Crippen LogP contribution >= 0.6 is 23.2 Å². The topological polar surface area (TPSA) is 15.3 Å². The molecule has 1 N–H and O–H groups in total. The highest BCUT2D eigenvalue weighted by molar-refractivity contribution is 6.31. The first-order valence-corrected chi connectivity index (χ1v) is 7.69. The number of benzene rings is 2. The summed E-state index contributed by atoms with van der Waals surface area (Å²) in [6.45, 7) is 2.91. The predicted octanol–water partition coefficient (Wildman–Crippen LogP) is 4.91. The summed E-state index contributed by atoms with van der Waals surface area (Å²) in [6.07, 6.45) is 0. The lowest BCUT2D eigenvalue weighted by atomic mass is 10.1. The summed E-state index contributed by atoms with van der Waals surface area (Å²) in [6, 6.07) is 14.3. The minimum Gasteiger partial charge on any atom is -0.370 e. The van der Waals surface area contributed by atoms with Gasteiger partial charge >= 0.3 is 0 Å². The van der Waals surface area contributed by atoms with Crippen LogP contribution in [0, 0.1) is 0 Å². The second-order valence-corrected chi connectivity index (χ2v) is 6.04. The third-order valence-corrected chi connectivity index (χ3v) is 4.24. The normalized spacial score (nSPS) is 12.2. The second kappa shape index (κ2) is 7.17. The average molecular weight is 323 g/mol. The van der Waals surface area contributed by atoms with Gasteiger partial charge in [0.1, 0.15) is 0 Å². The molecule has 0 bridgehead atoms. The van der Waals surface area contributed by atoms with Crippen LogP contribution in [0.1, 0.15) is 24.1 Å². The molecule has 2 aromatic carbocycles. The van der Waals surface area contributed by atoms with Gasteiger partial charge < -0.3 is 10.2 Å². The smallest absolute Gasteiger partial charge is 0.0474 e. The number of nitrogens with one attached hydrogen (secondary N) is 1.